The van der Waals surface area contributed by atoms with E-state index in [1.54, 1.807) is 12.3 Å². The van der Waals surface area contributed by atoms with E-state index in [2.05, 4.69) is 18.8 Å². The summed E-state index contributed by atoms with van der Waals surface area (Å²) in [6.45, 7) is 4.25. The summed E-state index contributed by atoms with van der Waals surface area (Å²) in [6, 6.07) is 10.2. The third kappa shape index (κ3) is 2.97. The number of rotatable bonds is 3. The first-order chi connectivity index (χ1) is 9.11. The molecule has 1 aromatic carbocycles. The Morgan fingerprint density at radius 2 is 2.05 bits per heavy atom. The maximum atomic E-state index is 13.9. The van der Waals surface area contributed by atoms with Crippen LogP contribution in [0.5, 0.6) is 0 Å². The van der Waals surface area contributed by atoms with E-state index in [1.165, 1.54) is 12.1 Å². The zero-order valence-corrected chi connectivity index (χ0v) is 11.0. The third-order valence-electron chi connectivity index (χ3n) is 2.86. The Kier molecular flexibility index (Phi) is 3.91. The lowest BCUT2D eigenvalue weighted by molar-refractivity contribution is 0.629. The van der Waals surface area contributed by atoms with Crippen LogP contribution >= 0.6 is 0 Å². The van der Waals surface area contributed by atoms with Crippen molar-refractivity contribution in [1.29, 1.82) is 5.26 Å². The normalized spacial score (nSPS) is 10.5. The molecule has 3 heteroatoms. The first-order valence-electron chi connectivity index (χ1n) is 6.25. The average Bonchev–Trinajstić information content (AvgIpc) is 2.39. The molecule has 0 amide bonds. The van der Waals surface area contributed by atoms with Gasteiger partial charge in [0.15, 0.2) is 0 Å². The van der Waals surface area contributed by atoms with Gasteiger partial charge in [-0.2, -0.15) is 5.26 Å². The lowest BCUT2D eigenvalue weighted by atomic mass is 10.00. The van der Waals surface area contributed by atoms with Crippen molar-refractivity contribution in [2.24, 2.45) is 5.92 Å². The largest absolute Gasteiger partial charge is 0.261 e. The van der Waals surface area contributed by atoms with Gasteiger partial charge in [-0.1, -0.05) is 26.0 Å². The number of nitriles is 1. The molecule has 19 heavy (non-hydrogen) atoms. The molecule has 0 unspecified atom stereocenters. The van der Waals surface area contributed by atoms with E-state index in [-0.39, 0.29) is 0 Å². The minimum Gasteiger partial charge on any atom is -0.261 e. The van der Waals surface area contributed by atoms with Crippen LogP contribution in [0.4, 0.5) is 4.39 Å². The maximum Gasteiger partial charge on any atom is 0.132 e. The van der Waals surface area contributed by atoms with E-state index in [0.29, 0.717) is 22.6 Å². The van der Waals surface area contributed by atoms with Crippen molar-refractivity contribution in [1.82, 2.24) is 4.98 Å². The molecule has 0 fully saturated rings. The summed E-state index contributed by atoms with van der Waals surface area (Å²) in [5, 5.41) is 9.04. The molecule has 0 aliphatic carbocycles. The van der Waals surface area contributed by atoms with E-state index >= 15 is 0 Å². The summed E-state index contributed by atoms with van der Waals surface area (Å²) in [5.74, 6) is 0.138. The molecular formula is C16H15FN2. The van der Waals surface area contributed by atoms with Crippen LogP contribution in [0.1, 0.15) is 25.1 Å². The molecule has 0 saturated carbocycles. The van der Waals surface area contributed by atoms with Gasteiger partial charge in [0.1, 0.15) is 5.82 Å². The Hall–Kier alpha value is -2.21. The first kappa shape index (κ1) is 13.2. The Labute approximate surface area is 112 Å². The highest BCUT2D eigenvalue weighted by Gasteiger charge is 2.11. The Balaban J connectivity index is 2.41. The van der Waals surface area contributed by atoms with Gasteiger partial charge < -0.3 is 0 Å². The molecule has 0 aliphatic heterocycles. The Morgan fingerprint density at radius 1 is 1.26 bits per heavy atom. The zero-order valence-electron chi connectivity index (χ0n) is 11.0. The van der Waals surface area contributed by atoms with Gasteiger partial charge in [-0.25, -0.2) is 4.39 Å². The molecule has 96 valence electrons. The molecule has 1 aromatic heterocycles. The van der Waals surface area contributed by atoms with E-state index in [0.717, 1.165) is 12.1 Å². The van der Waals surface area contributed by atoms with Crippen molar-refractivity contribution in [2.45, 2.75) is 20.3 Å². The van der Waals surface area contributed by atoms with E-state index in [1.807, 2.05) is 18.2 Å². The standard InChI is InChI=1S/C16H15FN2/c1-11(2)8-14-7-6-13(10-19-14)16-12(9-18)4-3-5-15(16)17/h3-7,10-11H,8H2,1-2H3. The summed E-state index contributed by atoms with van der Waals surface area (Å²) in [7, 11) is 0. The summed E-state index contributed by atoms with van der Waals surface area (Å²) in [5.41, 5.74) is 2.28. The summed E-state index contributed by atoms with van der Waals surface area (Å²) < 4.78 is 13.9. The van der Waals surface area contributed by atoms with Crippen LogP contribution in [0.25, 0.3) is 11.1 Å². The smallest absolute Gasteiger partial charge is 0.132 e. The van der Waals surface area contributed by atoms with Gasteiger partial charge >= 0.3 is 0 Å². The lowest BCUT2D eigenvalue weighted by Gasteiger charge is -2.08. The molecule has 0 bridgehead atoms. The number of hydrogen-bond donors (Lipinski definition) is 0. The molecule has 0 saturated heterocycles. The zero-order chi connectivity index (χ0) is 13.8. The molecule has 2 rings (SSSR count). The van der Waals surface area contributed by atoms with Gasteiger partial charge in [-0.3, -0.25) is 4.98 Å². The molecular weight excluding hydrogens is 239 g/mol. The fourth-order valence-electron chi connectivity index (χ4n) is 2.02. The van der Waals surface area contributed by atoms with E-state index in [4.69, 9.17) is 5.26 Å². The fraction of sp³-hybridized carbons (Fsp3) is 0.250. The van der Waals surface area contributed by atoms with Crippen molar-refractivity contribution >= 4 is 0 Å². The number of hydrogen-bond acceptors (Lipinski definition) is 2. The molecule has 2 aromatic rings. The highest BCUT2D eigenvalue weighted by molar-refractivity contribution is 5.70. The molecule has 0 N–H and O–H groups in total. The SMILES string of the molecule is CC(C)Cc1ccc(-c2c(F)cccc2C#N)cn1. The van der Waals surface area contributed by atoms with Gasteiger partial charge in [0, 0.05) is 23.0 Å². The second kappa shape index (κ2) is 5.62. The van der Waals surface area contributed by atoms with Gasteiger partial charge in [0.2, 0.25) is 0 Å². The van der Waals surface area contributed by atoms with Crippen LogP contribution in [0.15, 0.2) is 36.5 Å². The van der Waals surface area contributed by atoms with Crippen LogP contribution in [0, 0.1) is 23.1 Å². The second-order valence-electron chi connectivity index (χ2n) is 4.91. The van der Waals surface area contributed by atoms with Crippen LogP contribution in [0.2, 0.25) is 0 Å². The maximum absolute atomic E-state index is 13.9. The summed E-state index contributed by atoms with van der Waals surface area (Å²) in [4.78, 5) is 4.34. The number of benzene rings is 1. The molecule has 0 radical (unpaired) electrons. The number of pyridine rings is 1. The quantitative estimate of drug-likeness (QED) is 0.831. The summed E-state index contributed by atoms with van der Waals surface area (Å²) >= 11 is 0. The van der Waals surface area contributed by atoms with Gasteiger partial charge in [-0.15, -0.1) is 0 Å². The molecule has 0 spiro atoms. The second-order valence-corrected chi connectivity index (χ2v) is 4.91. The van der Waals surface area contributed by atoms with Crippen molar-refractivity contribution in [2.75, 3.05) is 0 Å². The van der Waals surface area contributed by atoms with Crippen molar-refractivity contribution in [3.8, 4) is 17.2 Å². The molecule has 0 atom stereocenters. The predicted molar refractivity (Wildman–Crippen MR) is 72.9 cm³/mol. The van der Waals surface area contributed by atoms with Gasteiger partial charge in [0.25, 0.3) is 0 Å². The van der Waals surface area contributed by atoms with Crippen molar-refractivity contribution in [3.63, 3.8) is 0 Å². The number of halogens is 1. The third-order valence-corrected chi connectivity index (χ3v) is 2.86. The fourth-order valence-corrected chi connectivity index (χ4v) is 2.02. The average molecular weight is 254 g/mol. The van der Waals surface area contributed by atoms with Gasteiger partial charge in [0.05, 0.1) is 11.6 Å². The van der Waals surface area contributed by atoms with Gasteiger partial charge in [-0.05, 0) is 30.5 Å². The highest BCUT2D eigenvalue weighted by Crippen LogP contribution is 2.26. The molecule has 0 aliphatic rings. The number of nitrogens with zero attached hydrogens (tertiary/aromatic N) is 2. The lowest BCUT2D eigenvalue weighted by Crippen LogP contribution is -1.97. The van der Waals surface area contributed by atoms with Crippen LogP contribution < -0.4 is 0 Å². The van der Waals surface area contributed by atoms with Crippen LogP contribution in [-0.2, 0) is 6.42 Å². The highest BCUT2D eigenvalue weighted by atomic mass is 19.1. The first-order valence-corrected chi connectivity index (χ1v) is 6.25. The number of aromatic nitrogens is 1. The monoisotopic (exact) mass is 254 g/mol. The van der Waals surface area contributed by atoms with Crippen molar-refractivity contribution < 1.29 is 4.39 Å². The van der Waals surface area contributed by atoms with Crippen molar-refractivity contribution in [3.05, 3.63) is 53.6 Å². The minimum absolute atomic E-state index is 0.327. The van der Waals surface area contributed by atoms with E-state index < -0.39 is 5.82 Å². The topological polar surface area (TPSA) is 36.7 Å². The Bertz CT molecular complexity index is 610. The van der Waals surface area contributed by atoms with Crippen LogP contribution in [-0.4, -0.2) is 4.98 Å². The Morgan fingerprint density at radius 3 is 2.63 bits per heavy atom. The van der Waals surface area contributed by atoms with Crippen LogP contribution in [0.3, 0.4) is 0 Å². The van der Waals surface area contributed by atoms with E-state index in [9.17, 15) is 4.39 Å². The summed E-state index contributed by atoms with van der Waals surface area (Å²) in [6.07, 6.45) is 2.53. The predicted octanol–water partition coefficient (Wildman–Crippen LogP) is 3.96. The molecule has 2 nitrogen and oxygen atoms in total. The molecule has 1 heterocycles. The minimum atomic E-state index is -0.391.